The Labute approximate surface area is 66.1 Å². The number of amides is 1. The Balaban J connectivity index is 2.88. The molecule has 0 fully saturated rings. The molecule has 0 saturated heterocycles. The van der Waals surface area contributed by atoms with E-state index in [0.29, 0.717) is 0 Å². The lowest BCUT2D eigenvalue weighted by Crippen LogP contribution is -2.52. The van der Waals surface area contributed by atoms with Gasteiger partial charge in [0.1, 0.15) is 0 Å². The average molecular weight is 155 g/mol. The summed E-state index contributed by atoms with van der Waals surface area (Å²) in [5.41, 5.74) is -1.54. The van der Waals surface area contributed by atoms with Crippen molar-refractivity contribution < 1.29 is 9.90 Å². The van der Waals surface area contributed by atoms with Crippen molar-refractivity contribution >= 4 is 5.91 Å². The molecule has 1 rings (SSSR count). The first-order valence-electron chi connectivity index (χ1n) is 3.59. The van der Waals surface area contributed by atoms with Crippen molar-refractivity contribution in [1.29, 1.82) is 0 Å². The molecule has 0 saturated carbocycles. The highest BCUT2D eigenvalue weighted by molar-refractivity contribution is 5.91. The number of nitrogens with one attached hydrogen (secondary N) is 1. The molecule has 1 heterocycles. The van der Waals surface area contributed by atoms with Gasteiger partial charge in [0.05, 0.1) is 0 Å². The van der Waals surface area contributed by atoms with E-state index in [1.807, 2.05) is 20.8 Å². The van der Waals surface area contributed by atoms with Gasteiger partial charge in [0.2, 0.25) is 5.91 Å². The fourth-order valence-electron chi connectivity index (χ4n) is 0.905. The third kappa shape index (κ3) is 1.28. The second kappa shape index (κ2) is 2.08. The minimum absolute atomic E-state index is 0.234. The molecule has 0 aromatic heterocycles. The summed E-state index contributed by atoms with van der Waals surface area (Å²) < 4.78 is 0. The van der Waals surface area contributed by atoms with Crippen LogP contribution in [0, 0.1) is 5.41 Å². The van der Waals surface area contributed by atoms with Crippen LogP contribution in [0.1, 0.15) is 20.8 Å². The Morgan fingerprint density at radius 2 is 2.09 bits per heavy atom. The minimum Gasteiger partial charge on any atom is -0.367 e. The topological polar surface area (TPSA) is 49.3 Å². The Bertz CT molecular complexity index is 215. The smallest absolute Gasteiger partial charge is 0.246 e. The van der Waals surface area contributed by atoms with Gasteiger partial charge in [-0.2, -0.15) is 0 Å². The predicted molar refractivity (Wildman–Crippen MR) is 41.7 cm³/mol. The molecule has 3 heteroatoms. The van der Waals surface area contributed by atoms with Crippen LogP contribution in [-0.2, 0) is 4.79 Å². The number of carbonyl (C=O) groups excluding carboxylic acids is 1. The van der Waals surface area contributed by atoms with Crippen molar-refractivity contribution in [3.05, 3.63) is 12.2 Å². The van der Waals surface area contributed by atoms with Gasteiger partial charge < -0.3 is 10.4 Å². The van der Waals surface area contributed by atoms with Crippen molar-refractivity contribution in [2.75, 3.05) is 0 Å². The zero-order valence-corrected chi connectivity index (χ0v) is 7.01. The Morgan fingerprint density at radius 3 is 2.27 bits per heavy atom. The Hall–Kier alpha value is -0.830. The summed E-state index contributed by atoms with van der Waals surface area (Å²) >= 11 is 0. The van der Waals surface area contributed by atoms with Crippen LogP contribution in [0.2, 0.25) is 0 Å². The molecule has 1 amide bonds. The molecule has 0 radical (unpaired) electrons. The minimum atomic E-state index is -1.18. The fourth-order valence-corrected chi connectivity index (χ4v) is 0.905. The highest BCUT2D eigenvalue weighted by atomic mass is 16.3. The van der Waals surface area contributed by atoms with Gasteiger partial charge in [-0.05, 0) is 6.08 Å². The van der Waals surface area contributed by atoms with E-state index in [-0.39, 0.29) is 11.3 Å². The SMILES string of the molecule is CC(C)(C)C1(O)C=CC(=O)N1. The van der Waals surface area contributed by atoms with E-state index in [9.17, 15) is 9.90 Å². The van der Waals surface area contributed by atoms with Crippen LogP contribution >= 0.6 is 0 Å². The van der Waals surface area contributed by atoms with Crippen LogP contribution in [0.15, 0.2) is 12.2 Å². The highest BCUT2D eigenvalue weighted by Crippen LogP contribution is 2.31. The Kier molecular flexibility index (Phi) is 1.56. The molecule has 0 aliphatic carbocycles. The van der Waals surface area contributed by atoms with Gasteiger partial charge in [-0.25, -0.2) is 0 Å². The summed E-state index contributed by atoms with van der Waals surface area (Å²) in [7, 11) is 0. The maximum Gasteiger partial charge on any atom is 0.246 e. The molecule has 1 unspecified atom stereocenters. The summed E-state index contributed by atoms with van der Waals surface area (Å²) in [5.74, 6) is -0.234. The van der Waals surface area contributed by atoms with Gasteiger partial charge in [0.25, 0.3) is 0 Å². The van der Waals surface area contributed by atoms with Crippen LogP contribution in [0.5, 0.6) is 0 Å². The summed E-state index contributed by atoms with van der Waals surface area (Å²) in [6.07, 6.45) is 2.85. The number of aliphatic hydroxyl groups is 1. The van der Waals surface area contributed by atoms with Gasteiger partial charge in [0, 0.05) is 11.5 Å². The van der Waals surface area contributed by atoms with Gasteiger partial charge in [-0.15, -0.1) is 0 Å². The number of hydrogen-bond donors (Lipinski definition) is 2. The van der Waals surface area contributed by atoms with Crippen molar-refractivity contribution in [2.45, 2.75) is 26.5 Å². The standard InChI is InChI=1S/C8H13NO2/c1-7(2,3)8(11)5-4-6(10)9-8/h4-5,11H,1-3H3,(H,9,10). The average Bonchev–Trinajstić information content (AvgIpc) is 2.10. The normalized spacial score (nSPS) is 30.7. The largest absolute Gasteiger partial charge is 0.367 e. The van der Waals surface area contributed by atoms with Gasteiger partial charge in [-0.1, -0.05) is 20.8 Å². The van der Waals surface area contributed by atoms with Crippen molar-refractivity contribution in [3.8, 4) is 0 Å². The molecule has 2 N–H and O–H groups in total. The fraction of sp³-hybridized carbons (Fsp3) is 0.625. The first-order valence-corrected chi connectivity index (χ1v) is 3.59. The molecule has 1 aliphatic heterocycles. The lowest BCUT2D eigenvalue weighted by Gasteiger charge is -2.35. The zero-order valence-electron chi connectivity index (χ0n) is 7.01. The first kappa shape index (κ1) is 8.27. The van der Waals surface area contributed by atoms with E-state index in [4.69, 9.17) is 0 Å². The van der Waals surface area contributed by atoms with E-state index in [0.717, 1.165) is 0 Å². The van der Waals surface area contributed by atoms with E-state index in [1.54, 1.807) is 0 Å². The van der Waals surface area contributed by atoms with Gasteiger partial charge in [0.15, 0.2) is 5.72 Å². The van der Waals surface area contributed by atoms with Crippen molar-refractivity contribution in [3.63, 3.8) is 0 Å². The van der Waals surface area contributed by atoms with E-state index >= 15 is 0 Å². The van der Waals surface area contributed by atoms with Gasteiger partial charge >= 0.3 is 0 Å². The summed E-state index contributed by atoms with van der Waals surface area (Å²) in [6.45, 7) is 5.59. The number of carbonyl (C=O) groups is 1. The van der Waals surface area contributed by atoms with Crippen molar-refractivity contribution in [2.24, 2.45) is 5.41 Å². The molecule has 62 valence electrons. The third-order valence-electron chi connectivity index (χ3n) is 1.93. The monoisotopic (exact) mass is 155 g/mol. The third-order valence-corrected chi connectivity index (χ3v) is 1.93. The molecule has 1 aliphatic rings. The quantitative estimate of drug-likeness (QED) is 0.532. The molecule has 0 bridgehead atoms. The predicted octanol–water partition coefficient (Wildman–Crippen LogP) is 0.407. The Morgan fingerprint density at radius 1 is 1.55 bits per heavy atom. The molecule has 1 atom stereocenters. The first-order chi connectivity index (χ1) is 4.85. The lowest BCUT2D eigenvalue weighted by atomic mass is 9.84. The van der Waals surface area contributed by atoms with Crippen molar-refractivity contribution in [1.82, 2.24) is 5.32 Å². The van der Waals surface area contributed by atoms with E-state index in [2.05, 4.69) is 5.32 Å². The maximum atomic E-state index is 10.7. The van der Waals surface area contributed by atoms with Crippen LogP contribution in [-0.4, -0.2) is 16.7 Å². The second-order valence-corrected chi connectivity index (χ2v) is 3.84. The lowest BCUT2D eigenvalue weighted by molar-refractivity contribution is -0.124. The maximum absolute atomic E-state index is 10.7. The molecule has 0 aromatic rings. The second-order valence-electron chi connectivity index (χ2n) is 3.84. The highest BCUT2D eigenvalue weighted by Gasteiger charge is 2.41. The molecular weight excluding hydrogens is 142 g/mol. The number of rotatable bonds is 0. The van der Waals surface area contributed by atoms with E-state index in [1.165, 1.54) is 12.2 Å². The molecule has 0 spiro atoms. The van der Waals surface area contributed by atoms with Crippen LogP contribution < -0.4 is 5.32 Å². The van der Waals surface area contributed by atoms with Gasteiger partial charge in [-0.3, -0.25) is 4.79 Å². The van der Waals surface area contributed by atoms with Crippen LogP contribution in [0.3, 0.4) is 0 Å². The summed E-state index contributed by atoms with van der Waals surface area (Å²) in [4.78, 5) is 10.7. The zero-order chi connectivity index (χ0) is 8.70. The molecule has 3 nitrogen and oxygen atoms in total. The van der Waals surface area contributed by atoms with Crippen LogP contribution in [0.4, 0.5) is 0 Å². The van der Waals surface area contributed by atoms with E-state index < -0.39 is 5.72 Å². The summed E-state index contributed by atoms with van der Waals surface area (Å²) in [5, 5.41) is 12.3. The molecule has 11 heavy (non-hydrogen) atoms. The molecule has 0 aromatic carbocycles. The summed E-state index contributed by atoms with van der Waals surface area (Å²) in [6, 6.07) is 0. The molecular formula is C8H13NO2. The van der Waals surface area contributed by atoms with Crippen LogP contribution in [0.25, 0.3) is 0 Å². The number of hydrogen-bond acceptors (Lipinski definition) is 2.